The molecule has 4 rings (SSSR count). The van der Waals surface area contributed by atoms with Crippen LogP contribution in [0.1, 0.15) is 11.1 Å². The molecule has 1 heterocycles. The minimum Gasteiger partial charge on any atom is -0.497 e. The highest BCUT2D eigenvalue weighted by Gasteiger charge is 2.19. The van der Waals surface area contributed by atoms with E-state index in [1.165, 1.54) is 12.1 Å². The number of benzene rings is 3. The third-order valence-electron chi connectivity index (χ3n) is 5.21. The number of aromatic nitrogens is 2. The summed E-state index contributed by atoms with van der Waals surface area (Å²) in [5.74, 6) is 1.15. The van der Waals surface area contributed by atoms with Crippen LogP contribution in [-0.2, 0) is 6.54 Å². The minimum atomic E-state index is -0.365. The SMILES string of the molecule is COc1cccc(-c2nn(Cc3ccc(F)cc3Cl)c(-c3cccc(OC)c3)c2C)c1. The lowest BCUT2D eigenvalue weighted by Crippen LogP contribution is -2.05. The average Bonchev–Trinajstić information content (AvgIpc) is 3.11. The lowest BCUT2D eigenvalue weighted by Gasteiger charge is -2.11. The molecule has 4 aromatic rings. The Labute approximate surface area is 185 Å². The topological polar surface area (TPSA) is 36.3 Å². The molecule has 0 N–H and O–H groups in total. The third kappa shape index (κ3) is 4.28. The van der Waals surface area contributed by atoms with Crippen molar-refractivity contribution in [3.63, 3.8) is 0 Å². The van der Waals surface area contributed by atoms with Crippen molar-refractivity contribution < 1.29 is 13.9 Å². The fourth-order valence-corrected chi connectivity index (χ4v) is 3.88. The maximum atomic E-state index is 13.5. The van der Waals surface area contributed by atoms with Gasteiger partial charge in [0.2, 0.25) is 0 Å². The predicted molar refractivity (Wildman–Crippen MR) is 121 cm³/mol. The molecule has 0 unspecified atom stereocenters. The summed E-state index contributed by atoms with van der Waals surface area (Å²) in [6.07, 6.45) is 0. The first-order chi connectivity index (χ1) is 15.0. The van der Waals surface area contributed by atoms with E-state index in [9.17, 15) is 4.39 Å². The molecule has 0 spiro atoms. The molecule has 0 aliphatic heterocycles. The number of halogens is 2. The quantitative estimate of drug-likeness (QED) is 0.351. The zero-order chi connectivity index (χ0) is 22.0. The van der Waals surface area contributed by atoms with Gasteiger partial charge in [0.15, 0.2) is 0 Å². The molecule has 0 atom stereocenters. The van der Waals surface area contributed by atoms with Gasteiger partial charge in [0.25, 0.3) is 0 Å². The van der Waals surface area contributed by atoms with E-state index in [0.717, 1.165) is 45.1 Å². The summed E-state index contributed by atoms with van der Waals surface area (Å²) in [5.41, 5.74) is 5.50. The monoisotopic (exact) mass is 436 g/mol. The molecule has 158 valence electrons. The summed E-state index contributed by atoms with van der Waals surface area (Å²) in [6, 6.07) is 20.1. The Morgan fingerprint density at radius 1 is 0.903 bits per heavy atom. The second-order valence-corrected chi connectivity index (χ2v) is 7.59. The number of hydrogen-bond donors (Lipinski definition) is 0. The van der Waals surface area contributed by atoms with E-state index < -0.39 is 0 Å². The van der Waals surface area contributed by atoms with Gasteiger partial charge in [-0.3, -0.25) is 4.68 Å². The number of ether oxygens (including phenoxy) is 2. The molecule has 0 fully saturated rings. The molecule has 0 bridgehead atoms. The van der Waals surface area contributed by atoms with E-state index in [1.54, 1.807) is 20.3 Å². The molecule has 3 aromatic carbocycles. The van der Waals surface area contributed by atoms with E-state index in [1.807, 2.05) is 60.1 Å². The largest absolute Gasteiger partial charge is 0.497 e. The molecule has 0 radical (unpaired) electrons. The first-order valence-electron chi connectivity index (χ1n) is 9.80. The van der Waals surface area contributed by atoms with Gasteiger partial charge in [0, 0.05) is 21.7 Å². The van der Waals surface area contributed by atoms with E-state index in [0.29, 0.717) is 11.6 Å². The Kier molecular flexibility index (Phi) is 5.96. The van der Waals surface area contributed by atoms with Gasteiger partial charge in [0.1, 0.15) is 17.3 Å². The Balaban J connectivity index is 1.88. The highest BCUT2D eigenvalue weighted by Crippen LogP contribution is 2.35. The van der Waals surface area contributed by atoms with E-state index in [4.69, 9.17) is 26.2 Å². The lowest BCUT2D eigenvalue weighted by atomic mass is 10.0. The van der Waals surface area contributed by atoms with Crippen molar-refractivity contribution in [2.24, 2.45) is 0 Å². The molecule has 6 heteroatoms. The number of nitrogens with zero attached hydrogens (tertiary/aromatic N) is 2. The number of rotatable bonds is 6. The molecule has 4 nitrogen and oxygen atoms in total. The highest BCUT2D eigenvalue weighted by atomic mass is 35.5. The zero-order valence-electron chi connectivity index (χ0n) is 17.5. The van der Waals surface area contributed by atoms with Crippen molar-refractivity contribution in [1.29, 1.82) is 0 Å². The van der Waals surface area contributed by atoms with Gasteiger partial charge in [0.05, 0.1) is 32.2 Å². The molecule has 0 aliphatic carbocycles. The van der Waals surface area contributed by atoms with Crippen molar-refractivity contribution >= 4 is 11.6 Å². The van der Waals surface area contributed by atoms with Gasteiger partial charge in [-0.25, -0.2) is 4.39 Å². The van der Waals surface area contributed by atoms with Crippen LogP contribution >= 0.6 is 11.6 Å². The maximum absolute atomic E-state index is 13.5. The summed E-state index contributed by atoms with van der Waals surface area (Å²) in [5, 5.41) is 5.28. The summed E-state index contributed by atoms with van der Waals surface area (Å²) in [4.78, 5) is 0. The van der Waals surface area contributed by atoms with Gasteiger partial charge in [-0.2, -0.15) is 5.10 Å². The summed E-state index contributed by atoms with van der Waals surface area (Å²) in [6.45, 7) is 2.44. The van der Waals surface area contributed by atoms with Gasteiger partial charge < -0.3 is 9.47 Å². The van der Waals surface area contributed by atoms with Crippen LogP contribution in [0.5, 0.6) is 11.5 Å². The molecular formula is C25H22ClFN2O2. The molecule has 31 heavy (non-hydrogen) atoms. The highest BCUT2D eigenvalue weighted by molar-refractivity contribution is 6.31. The van der Waals surface area contributed by atoms with Crippen molar-refractivity contribution in [1.82, 2.24) is 9.78 Å². The summed E-state index contributed by atoms with van der Waals surface area (Å²) < 4.78 is 26.2. The Bertz CT molecular complexity index is 1240. The molecule has 0 saturated carbocycles. The van der Waals surface area contributed by atoms with Crippen molar-refractivity contribution in [2.45, 2.75) is 13.5 Å². The van der Waals surface area contributed by atoms with Crippen LogP contribution in [0.2, 0.25) is 5.02 Å². The van der Waals surface area contributed by atoms with E-state index in [2.05, 4.69) is 0 Å². The second-order valence-electron chi connectivity index (χ2n) is 7.18. The lowest BCUT2D eigenvalue weighted by molar-refractivity contribution is 0.415. The van der Waals surface area contributed by atoms with Gasteiger partial charge in [-0.1, -0.05) is 41.9 Å². The van der Waals surface area contributed by atoms with Crippen LogP contribution in [0.15, 0.2) is 66.7 Å². The van der Waals surface area contributed by atoms with Gasteiger partial charge >= 0.3 is 0 Å². The fraction of sp³-hybridized carbons (Fsp3) is 0.160. The third-order valence-corrected chi connectivity index (χ3v) is 5.56. The zero-order valence-corrected chi connectivity index (χ0v) is 18.3. The van der Waals surface area contributed by atoms with Crippen LogP contribution in [0, 0.1) is 12.7 Å². The number of hydrogen-bond acceptors (Lipinski definition) is 3. The molecular weight excluding hydrogens is 415 g/mol. The fourth-order valence-electron chi connectivity index (χ4n) is 3.66. The summed E-state index contributed by atoms with van der Waals surface area (Å²) >= 11 is 6.31. The molecule has 0 aliphatic rings. The van der Waals surface area contributed by atoms with Crippen LogP contribution in [0.3, 0.4) is 0 Å². The van der Waals surface area contributed by atoms with Crippen molar-refractivity contribution in [2.75, 3.05) is 14.2 Å². The van der Waals surface area contributed by atoms with Crippen LogP contribution in [-0.4, -0.2) is 24.0 Å². The first-order valence-corrected chi connectivity index (χ1v) is 10.2. The van der Waals surface area contributed by atoms with Crippen LogP contribution in [0.4, 0.5) is 4.39 Å². The van der Waals surface area contributed by atoms with Crippen LogP contribution in [0.25, 0.3) is 22.5 Å². The van der Waals surface area contributed by atoms with Crippen LogP contribution < -0.4 is 9.47 Å². The average molecular weight is 437 g/mol. The van der Waals surface area contributed by atoms with E-state index >= 15 is 0 Å². The maximum Gasteiger partial charge on any atom is 0.124 e. The minimum absolute atomic E-state index is 0.365. The molecule has 0 saturated heterocycles. The Morgan fingerprint density at radius 2 is 1.55 bits per heavy atom. The Hall–Kier alpha value is -3.31. The first kappa shape index (κ1) is 20.9. The normalized spacial score (nSPS) is 10.9. The molecule has 0 amide bonds. The second kappa shape index (κ2) is 8.82. The molecule has 1 aromatic heterocycles. The van der Waals surface area contributed by atoms with Gasteiger partial charge in [-0.15, -0.1) is 0 Å². The van der Waals surface area contributed by atoms with Crippen molar-refractivity contribution in [3.05, 3.63) is 88.7 Å². The Morgan fingerprint density at radius 3 is 2.19 bits per heavy atom. The predicted octanol–water partition coefficient (Wildman–Crippen LogP) is 6.38. The smallest absolute Gasteiger partial charge is 0.124 e. The number of methoxy groups -OCH3 is 2. The van der Waals surface area contributed by atoms with Gasteiger partial charge in [-0.05, 0) is 48.9 Å². The van der Waals surface area contributed by atoms with E-state index in [-0.39, 0.29) is 5.82 Å². The summed E-state index contributed by atoms with van der Waals surface area (Å²) in [7, 11) is 3.28. The van der Waals surface area contributed by atoms with Crippen molar-refractivity contribution in [3.8, 4) is 34.0 Å². The standard InChI is InChI=1S/C25H22ClFN2O2/c1-16-24(17-6-4-8-21(12-17)30-2)28-29(15-19-10-11-20(27)14-23(19)26)25(16)18-7-5-9-22(13-18)31-3/h4-14H,15H2,1-3H3.